The highest BCUT2D eigenvalue weighted by Gasteiger charge is 2.45. The van der Waals surface area contributed by atoms with Gasteiger partial charge in [0.15, 0.2) is 0 Å². The topological polar surface area (TPSA) is 79.4 Å². The van der Waals surface area contributed by atoms with Crippen LogP contribution in [0.4, 0.5) is 4.79 Å². The van der Waals surface area contributed by atoms with Crippen molar-refractivity contribution in [2.45, 2.75) is 32.2 Å². The van der Waals surface area contributed by atoms with Crippen molar-refractivity contribution in [2.24, 2.45) is 0 Å². The number of likely N-dealkylation sites (tertiary alicyclic amines) is 1. The Balaban J connectivity index is 1.81. The van der Waals surface area contributed by atoms with E-state index in [1.165, 1.54) is 0 Å². The number of carbonyl (C=O) groups excluding carboxylic acids is 3. The maximum absolute atomic E-state index is 12.5. The molecule has 0 saturated carbocycles. The van der Waals surface area contributed by atoms with Crippen molar-refractivity contribution in [1.29, 1.82) is 0 Å². The zero-order valence-corrected chi connectivity index (χ0v) is 15.9. The quantitative estimate of drug-likeness (QED) is 0.536. The summed E-state index contributed by atoms with van der Waals surface area (Å²) in [6.07, 6.45) is 2.43. The Hall–Kier alpha value is -2.61. The molecule has 0 aromatic heterocycles. The minimum atomic E-state index is -0.749. The van der Waals surface area contributed by atoms with Crippen LogP contribution >= 0.6 is 0 Å². The second-order valence-corrected chi connectivity index (χ2v) is 6.69. The lowest BCUT2D eigenvalue weighted by Crippen LogP contribution is -2.42. The molecular weight excluding hydrogens is 350 g/mol. The first kappa shape index (κ1) is 19.2. The molecule has 0 spiro atoms. The van der Waals surface area contributed by atoms with Gasteiger partial charge in [0, 0.05) is 30.8 Å². The molecule has 4 amide bonds. The van der Waals surface area contributed by atoms with E-state index >= 15 is 0 Å². The number of urea groups is 1. The van der Waals surface area contributed by atoms with E-state index in [9.17, 15) is 14.4 Å². The Kier molecular flexibility index (Phi) is 5.65. The standard InChI is InChI=1S/C19H25N3O5/c1-4-9-21-17(23)18(24)22(19(21)25)12-20-10-5-6-15(20)14-8-7-13(26-2)11-16(14)27-3/h7-8,11,15H,4-6,9-10,12H2,1-3H3/t15-/m0/s1. The first-order chi connectivity index (χ1) is 13.0. The lowest BCUT2D eigenvalue weighted by molar-refractivity contribution is -0.144. The number of ether oxygens (including phenoxy) is 2. The van der Waals surface area contributed by atoms with Crippen LogP contribution in [0.1, 0.15) is 37.8 Å². The van der Waals surface area contributed by atoms with E-state index in [4.69, 9.17) is 9.47 Å². The summed E-state index contributed by atoms with van der Waals surface area (Å²) in [6, 6.07) is 5.11. The van der Waals surface area contributed by atoms with Crippen LogP contribution in [-0.4, -0.2) is 66.5 Å². The molecule has 0 aliphatic carbocycles. The summed E-state index contributed by atoms with van der Waals surface area (Å²) in [5.74, 6) is -0.0831. The van der Waals surface area contributed by atoms with Crippen LogP contribution in [0.25, 0.3) is 0 Å². The smallest absolute Gasteiger partial charge is 0.335 e. The first-order valence-electron chi connectivity index (χ1n) is 9.15. The Morgan fingerprint density at radius 2 is 1.81 bits per heavy atom. The molecule has 146 valence electrons. The third-order valence-electron chi connectivity index (χ3n) is 5.07. The molecule has 1 atom stereocenters. The molecule has 8 nitrogen and oxygen atoms in total. The second kappa shape index (κ2) is 7.96. The highest BCUT2D eigenvalue weighted by atomic mass is 16.5. The average molecular weight is 375 g/mol. The normalized spacial score (nSPS) is 20.7. The fourth-order valence-electron chi connectivity index (χ4n) is 3.72. The van der Waals surface area contributed by atoms with Gasteiger partial charge in [0.05, 0.1) is 20.9 Å². The van der Waals surface area contributed by atoms with Crippen LogP contribution < -0.4 is 9.47 Å². The number of hydrogen-bond acceptors (Lipinski definition) is 6. The molecule has 0 N–H and O–H groups in total. The Bertz CT molecular complexity index is 751. The number of carbonyl (C=O) groups is 3. The fourth-order valence-corrected chi connectivity index (χ4v) is 3.72. The first-order valence-corrected chi connectivity index (χ1v) is 9.15. The Morgan fingerprint density at radius 3 is 2.48 bits per heavy atom. The van der Waals surface area contributed by atoms with Gasteiger partial charge in [0.25, 0.3) is 0 Å². The molecule has 2 aliphatic rings. The van der Waals surface area contributed by atoms with Crippen molar-refractivity contribution in [3.63, 3.8) is 0 Å². The lowest BCUT2D eigenvalue weighted by Gasteiger charge is -2.29. The van der Waals surface area contributed by atoms with Crippen LogP contribution in [0.3, 0.4) is 0 Å². The monoisotopic (exact) mass is 375 g/mol. The zero-order valence-electron chi connectivity index (χ0n) is 15.9. The van der Waals surface area contributed by atoms with Crippen molar-refractivity contribution < 1.29 is 23.9 Å². The Labute approximate surface area is 158 Å². The van der Waals surface area contributed by atoms with Crippen LogP contribution in [0.5, 0.6) is 11.5 Å². The van der Waals surface area contributed by atoms with Gasteiger partial charge in [-0.15, -0.1) is 0 Å². The highest BCUT2D eigenvalue weighted by Crippen LogP contribution is 2.38. The lowest BCUT2D eigenvalue weighted by atomic mass is 10.0. The number of hydrogen-bond donors (Lipinski definition) is 0. The number of methoxy groups -OCH3 is 2. The second-order valence-electron chi connectivity index (χ2n) is 6.69. The van der Waals surface area contributed by atoms with Crippen molar-refractivity contribution in [3.8, 4) is 11.5 Å². The number of nitrogens with zero attached hydrogens (tertiary/aromatic N) is 3. The molecule has 3 rings (SSSR count). The molecule has 8 heteroatoms. The molecule has 0 unspecified atom stereocenters. The van der Waals surface area contributed by atoms with E-state index in [0.29, 0.717) is 17.9 Å². The van der Waals surface area contributed by atoms with Crippen molar-refractivity contribution in [3.05, 3.63) is 23.8 Å². The van der Waals surface area contributed by atoms with E-state index in [1.54, 1.807) is 14.2 Å². The van der Waals surface area contributed by atoms with Crippen LogP contribution in [0.15, 0.2) is 18.2 Å². The molecule has 2 saturated heterocycles. The fraction of sp³-hybridized carbons (Fsp3) is 0.526. The third-order valence-corrected chi connectivity index (χ3v) is 5.07. The van der Waals surface area contributed by atoms with Gasteiger partial charge < -0.3 is 9.47 Å². The van der Waals surface area contributed by atoms with Gasteiger partial charge in [-0.1, -0.05) is 13.0 Å². The van der Waals surface area contributed by atoms with Crippen molar-refractivity contribution in [2.75, 3.05) is 34.0 Å². The van der Waals surface area contributed by atoms with Gasteiger partial charge in [0.2, 0.25) is 0 Å². The minimum Gasteiger partial charge on any atom is -0.497 e. The summed E-state index contributed by atoms with van der Waals surface area (Å²) < 4.78 is 10.8. The van der Waals surface area contributed by atoms with Crippen molar-refractivity contribution >= 4 is 17.8 Å². The predicted molar refractivity (Wildman–Crippen MR) is 97.3 cm³/mol. The maximum Gasteiger partial charge on any atom is 0.335 e. The molecule has 27 heavy (non-hydrogen) atoms. The molecule has 2 fully saturated rings. The van der Waals surface area contributed by atoms with Gasteiger partial charge in [-0.25, -0.2) is 9.69 Å². The molecule has 1 aromatic carbocycles. The van der Waals surface area contributed by atoms with Crippen molar-refractivity contribution in [1.82, 2.24) is 14.7 Å². The number of amides is 4. The summed E-state index contributed by atoms with van der Waals surface area (Å²) in [5, 5.41) is 0. The van der Waals surface area contributed by atoms with Gasteiger partial charge >= 0.3 is 17.8 Å². The average Bonchev–Trinajstić information content (AvgIpc) is 3.22. The largest absolute Gasteiger partial charge is 0.497 e. The third kappa shape index (κ3) is 3.49. The van der Waals surface area contributed by atoms with E-state index in [0.717, 1.165) is 34.7 Å². The SMILES string of the molecule is CCCN1C(=O)C(=O)N(CN2CCC[C@H]2c2ccc(OC)cc2OC)C1=O. The summed E-state index contributed by atoms with van der Waals surface area (Å²) in [5.41, 5.74) is 0.978. The molecule has 0 radical (unpaired) electrons. The molecule has 1 aromatic rings. The summed E-state index contributed by atoms with van der Waals surface area (Å²) in [6.45, 7) is 2.96. The van der Waals surface area contributed by atoms with E-state index < -0.39 is 17.8 Å². The Morgan fingerprint density at radius 1 is 1.07 bits per heavy atom. The minimum absolute atomic E-state index is 0.00165. The molecule has 2 heterocycles. The predicted octanol–water partition coefficient (Wildman–Crippen LogP) is 2.00. The van der Waals surface area contributed by atoms with Crippen LogP contribution in [-0.2, 0) is 9.59 Å². The number of rotatable bonds is 7. The maximum atomic E-state index is 12.5. The van der Waals surface area contributed by atoms with Gasteiger partial charge in [-0.05, 0) is 25.3 Å². The van der Waals surface area contributed by atoms with Crippen LogP contribution in [0.2, 0.25) is 0 Å². The summed E-state index contributed by atoms with van der Waals surface area (Å²) >= 11 is 0. The van der Waals surface area contributed by atoms with Crippen LogP contribution in [0, 0.1) is 0 Å². The molecular formula is C19H25N3O5. The highest BCUT2D eigenvalue weighted by molar-refractivity contribution is 6.44. The van der Waals surface area contributed by atoms with E-state index in [1.807, 2.05) is 30.0 Å². The summed E-state index contributed by atoms with van der Waals surface area (Å²) in [7, 11) is 3.20. The zero-order chi connectivity index (χ0) is 19.6. The van der Waals surface area contributed by atoms with E-state index in [2.05, 4.69) is 0 Å². The van der Waals surface area contributed by atoms with Gasteiger partial charge in [-0.2, -0.15) is 0 Å². The molecule has 2 aliphatic heterocycles. The number of imide groups is 2. The number of benzene rings is 1. The molecule has 0 bridgehead atoms. The van der Waals surface area contributed by atoms with E-state index in [-0.39, 0.29) is 19.3 Å². The van der Waals surface area contributed by atoms with Gasteiger partial charge in [-0.3, -0.25) is 19.4 Å². The van der Waals surface area contributed by atoms with Gasteiger partial charge in [0.1, 0.15) is 11.5 Å². The summed E-state index contributed by atoms with van der Waals surface area (Å²) in [4.78, 5) is 41.0.